The van der Waals surface area contributed by atoms with Gasteiger partial charge in [-0.05, 0) is 245 Å². The van der Waals surface area contributed by atoms with Gasteiger partial charge in [-0.3, -0.25) is 0 Å². The summed E-state index contributed by atoms with van der Waals surface area (Å²) < 4.78 is 0. The lowest BCUT2D eigenvalue weighted by Crippen LogP contribution is -2.87. The summed E-state index contributed by atoms with van der Waals surface area (Å²) in [6.07, 6.45) is 15.7. The molecule has 7 aromatic rings. The van der Waals surface area contributed by atoms with E-state index < -0.39 is 0 Å². The predicted molar refractivity (Wildman–Crippen MR) is 275 cm³/mol. The first-order valence-corrected chi connectivity index (χ1v) is 26.5. The van der Waals surface area contributed by atoms with E-state index >= 15 is 0 Å². The molecule has 2 heterocycles. The number of aromatic amines is 1. The number of hydrogen-bond donors (Lipinski definition) is 1. The molecule has 3 bridgehead atoms. The standard InChI is InChI=1S/C63H63BN2/c1-33-15-45(56-55(16-33)66(54-20-36-10-8-7-9-35(36)19-51(54)64-56)53-26-49-48(17-34(53)2)58(3,4)13-14-59(49,5)6)47-25-39(62-29-42-21-40-22-43(30-62)63(40,42)62)24-46-44-23-38(11-12-52(44)65-57(46)47)60-28-41-18-37-27-61(41,32-60)50(37)31-60/h7-12,15-17,19-20,23-26,37,40-43,50,64-65H,13-14,18,21-22,27-32H2,1-6H3. The van der Waals surface area contributed by atoms with Crippen molar-refractivity contribution in [3.63, 3.8) is 0 Å². The van der Waals surface area contributed by atoms with Crippen LogP contribution in [-0.2, 0) is 21.7 Å². The molecule has 66 heavy (non-hydrogen) atoms. The van der Waals surface area contributed by atoms with Crippen LogP contribution in [0.3, 0.4) is 0 Å². The van der Waals surface area contributed by atoms with Crippen LogP contribution in [0.4, 0.5) is 17.1 Å². The summed E-state index contributed by atoms with van der Waals surface area (Å²) in [4.78, 5) is 6.92. The van der Waals surface area contributed by atoms with Gasteiger partial charge in [0, 0.05) is 44.3 Å². The van der Waals surface area contributed by atoms with Gasteiger partial charge in [0.05, 0.1) is 5.52 Å². The number of anilines is 3. The highest BCUT2D eigenvalue weighted by molar-refractivity contribution is 6.73. The number of hydrogen-bond acceptors (Lipinski definition) is 1. The van der Waals surface area contributed by atoms with Gasteiger partial charge < -0.3 is 9.88 Å². The van der Waals surface area contributed by atoms with Crippen molar-refractivity contribution in [3.8, 4) is 11.1 Å². The van der Waals surface area contributed by atoms with E-state index in [-0.39, 0.29) is 10.8 Å². The van der Waals surface area contributed by atoms with Gasteiger partial charge in [-0.15, -0.1) is 0 Å². The number of fused-ring (bicyclic) bond motifs is 8. The molecular weight excluding hydrogens is 796 g/mol. The Kier molecular flexibility index (Phi) is 6.34. The molecule has 2 spiro atoms. The summed E-state index contributed by atoms with van der Waals surface area (Å²) in [7, 11) is 0.926. The average molecular weight is 859 g/mol. The van der Waals surface area contributed by atoms with Gasteiger partial charge in [-0.2, -0.15) is 0 Å². The molecule has 1 N–H and O–H groups in total. The van der Waals surface area contributed by atoms with Crippen LogP contribution in [0.25, 0.3) is 43.7 Å². The van der Waals surface area contributed by atoms with Crippen LogP contribution in [0.15, 0.2) is 91.0 Å². The van der Waals surface area contributed by atoms with Crippen molar-refractivity contribution in [3.05, 3.63) is 124 Å². The molecule has 6 aromatic carbocycles. The lowest BCUT2D eigenvalue weighted by Gasteiger charge is -2.91. The van der Waals surface area contributed by atoms with Crippen LogP contribution in [0.1, 0.15) is 132 Å². The molecule has 9 saturated carbocycles. The number of nitrogens with zero attached hydrogens (tertiary/aromatic N) is 1. The number of aryl methyl sites for hydroxylation is 2. The monoisotopic (exact) mass is 859 g/mol. The zero-order valence-electron chi connectivity index (χ0n) is 40.1. The summed E-state index contributed by atoms with van der Waals surface area (Å²) in [5, 5.41) is 5.63. The molecule has 1 aromatic heterocycles. The molecule has 328 valence electrons. The molecule has 10 aliphatic carbocycles. The first-order chi connectivity index (χ1) is 31.8. The minimum Gasteiger partial charge on any atom is -0.354 e. The van der Waals surface area contributed by atoms with E-state index in [1.54, 1.807) is 23.1 Å². The molecular formula is C63H63BN2. The normalized spacial score (nSPS) is 36.5. The van der Waals surface area contributed by atoms with E-state index in [9.17, 15) is 0 Å². The second-order valence-corrected chi connectivity index (χ2v) is 26.5. The molecule has 7 atom stereocenters. The smallest absolute Gasteiger partial charge is 0.198 e. The fourth-order valence-corrected chi connectivity index (χ4v) is 20.3. The Morgan fingerprint density at radius 1 is 0.621 bits per heavy atom. The van der Waals surface area contributed by atoms with E-state index in [0.29, 0.717) is 21.7 Å². The highest BCUT2D eigenvalue weighted by Crippen LogP contribution is 2.93. The fourth-order valence-electron chi connectivity index (χ4n) is 20.3. The number of benzene rings is 6. The number of nitrogens with one attached hydrogen (secondary N) is 1. The molecule has 0 saturated heterocycles. The van der Waals surface area contributed by atoms with Crippen molar-refractivity contribution in [2.45, 2.75) is 134 Å². The molecule has 7 unspecified atom stereocenters. The Morgan fingerprint density at radius 2 is 1.38 bits per heavy atom. The van der Waals surface area contributed by atoms with E-state index in [2.05, 4.69) is 142 Å². The summed E-state index contributed by atoms with van der Waals surface area (Å²) in [6.45, 7) is 14.7. The molecule has 0 amide bonds. The van der Waals surface area contributed by atoms with Gasteiger partial charge in [-0.1, -0.05) is 81.7 Å². The Bertz CT molecular complexity index is 3410. The molecule has 3 heteroatoms. The van der Waals surface area contributed by atoms with Crippen LogP contribution in [-0.4, -0.2) is 12.3 Å². The highest BCUT2D eigenvalue weighted by atomic mass is 15.2. The van der Waals surface area contributed by atoms with Crippen molar-refractivity contribution in [1.29, 1.82) is 0 Å². The molecule has 11 aliphatic rings. The lowest BCUT2D eigenvalue weighted by molar-refractivity contribution is -0.395. The Morgan fingerprint density at radius 3 is 2.12 bits per heavy atom. The Balaban J connectivity index is 0.908. The third kappa shape index (κ3) is 4.00. The van der Waals surface area contributed by atoms with Gasteiger partial charge in [-0.25, -0.2) is 0 Å². The van der Waals surface area contributed by atoms with Crippen molar-refractivity contribution in [2.24, 2.45) is 46.3 Å². The number of H-pyrrole nitrogens is 1. The summed E-state index contributed by atoms with van der Waals surface area (Å²) in [5.41, 5.74) is 24.1. The average Bonchev–Trinajstić information content (AvgIpc) is 4.02. The zero-order valence-corrected chi connectivity index (χ0v) is 40.1. The molecule has 0 radical (unpaired) electrons. The van der Waals surface area contributed by atoms with Gasteiger partial charge >= 0.3 is 0 Å². The second-order valence-electron chi connectivity index (χ2n) is 26.5. The van der Waals surface area contributed by atoms with E-state index in [0.717, 1.165) is 42.8 Å². The molecule has 18 rings (SSSR count). The maximum absolute atomic E-state index is 4.20. The molecule has 2 nitrogen and oxygen atoms in total. The van der Waals surface area contributed by atoms with Crippen molar-refractivity contribution >= 4 is 67.8 Å². The first kappa shape index (κ1) is 37.3. The lowest BCUT2D eigenvalue weighted by atomic mass is 9.12. The topological polar surface area (TPSA) is 19.0 Å². The van der Waals surface area contributed by atoms with Crippen LogP contribution in [0.5, 0.6) is 0 Å². The zero-order chi connectivity index (χ0) is 43.8. The van der Waals surface area contributed by atoms with Crippen molar-refractivity contribution in [1.82, 2.24) is 4.98 Å². The number of aromatic nitrogens is 1. The highest BCUT2D eigenvalue weighted by Gasteiger charge is 2.87. The minimum absolute atomic E-state index is 0.119. The predicted octanol–water partition coefficient (Wildman–Crippen LogP) is 14.0. The largest absolute Gasteiger partial charge is 0.354 e. The summed E-state index contributed by atoms with van der Waals surface area (Å²) >= 11 is 0. The third-order valence-electron chi connectivity index (χ3n) is 23.2. The summed E-state index contributed by atoms with van der Waals surface area (Å²) in [5.74, 6) is 5.97. The van der Waals surface area contributed by atoms with Crippen molar-refractivity contribution in [2.75, 3.05) is 4.90 Å². The third-order valence-corrected chi connectivity index (χ3v) is 23.2. The van der Waals surface area contributed by atoms with E-state index in [1.165, 1.54) is 153 Å². The molecule has 9 fully saturated rings. The second kappa shape index (κ2) is 11.2. The first-order valence-electron chi connectivity index (χ1n) is 26.5. The van der Waals surface area contributed by atoms with Crippen molar-refractivity contribution < 1.29 is 0 Å². The van der Waals surface area contributed by atoms with Gasteiger partial charge in [0.2, 0.25) is 0 Å². The van der Waals surface area contributed by atoms with Gasteiger partial charge in [0.1, 0.15) is 0 Å². The van der Waals surface area contributed by atoms with E-state index in [4.69, 9.17) is 0 Å². The Hall–Kier alpha value is -4.76. The quantitative estimate of drug-likeness (QED) is 0.175. The van der Waals surface area contributed by atoms with Crippen LogP contribution < -0.4 is 15.8 Å². The fraction of sp³-hybridized carbons (Fsp3) is 0.460. The maximum atomic E-state index is 4.20. The summed E-state index contributed by atoms with van der Waals surface area (Å²) in [6, 6.07) is 37.8. The maximum Gasteiger partial charge on any atom is 0.198 e. The minimum atomic E-state index is 0.119. The Labute approximate surface area is 391 Å². The van der Waals surface area contributed by atoms with Gasteiger partial charge in [0.15, 0.2) is 7.28 Å². The van der Waals surface area contributed by atoms with E-state index in [1.807, 2.05) is 0 Å². The van der Waals surface area contributed by atoms with Crippen LogP contribution in [0, 0.1) is 60.2 Å². The van der Waals surface area contributed by atoms with Crippen LogP contribution >= 0.6 is 0 Å². The van der Waals surface area contributed by atoms with Gasteiger partial charge in [0.25, 0.3) is 0 Å². The molecule has 1 aliphatic heterocycles. The van der Waals surface area contributed by atoms with Crippen LogP contribution in [0.2, 0.25) is 0 Å². The SMILES string of the molecule is Cc1cc(-c2cc(C34CC5CC6CC(C3)C654)cc3c2[nH]c2ccc(C45CC6CC7CC6(C4)C7C5)cc23)c2c(c1)N(c1cc3c(cc1C)C(C)(C)CCC3(C)C)c1cc3ccccc3cc1B2. The number of rotatable bonds is 4.